The third-order valence-electron chi connectivity index (χ3n) is 3.56. The molecule has 1 fully saturated rings. The zero-order valence-corrected chi connectivity index (χ0v) is 13.2. The number of amides is 2. The molecule has 2 rings (SSSR count). The number of likely N-dealkylation sites (tertiary alicyclic amines) is 1. The number of piperidine rings is 1. The molecule has 1 saturated heterocycles. The smallest absolute Gasteiger partial charge is 0.410 e. The van der Waals surface area contributed by atoms with Gasteiger partial charge in [0.1, 0.15) is 6.61 Å². The Morgan fingerprint density at radius 3 is 2.68 bits per heavy atom. The lowest BCUT2D eigenvalue weighted by Crippen LogP contribution is -2.46. The van der Waals surface area contributed by atoms with Crippen molar-refractivity contribution in [3.63, 3.8) is 0 Å². The number of nitrogens with one attached hydrogen (secondary N) is 1. The van der Waals surface area contributed by atoms with Crippen molar-refractivity contribution in [3.05, 3.63) is 42.5 Å². The van der Waals surface area contributed by atoms with Gasteiger partial charge in [0.15, 0.2) is 0 Å². The maximum Gasteiger partial charge on any atom is 0.410 e. The van der Waals surface area contributed by atoms with E-state index in [1.54, 1.807) is 23.1 Å². The van der Waals surface area contributed by atoms with Gasteiger partial charge in [-0.25, -0.2) is 4.79 Å². The van der Waals surface area contributed by atoms with Crippen molar-refractivity contribution >= 4 is 24.6 Å². The molecule has 1 heterocycles. The van der Waals surface area contributed by atoms with Crippen LogP contribution in [-0.4, -0.2) is 42.6 Å². The number of carbonyl (C=O) groups excluding carboxylic acids is 2. The quantitative estimate of drug-likeness (QED) is 0.662. The van der Waals surface area contributed by atoms with Crippen LogP contribution in [0.25, 0.3) is 0 Å². The average molecular weight is 320 g/mol. The predicted octanol–water partition coefficient (Wildman–Crippen LogP) is 2.49. The number of carbonyl (C=O) groups is 2. The number of hydrogen-bond donors (Lipinski definition) is 2. The fourth-order valence-corrected chi connectivity index (χ4v) is 2.62. The second-order valence-electron chi connectivity index (χ2n) is 5.12. The van der Waals surface area contributed by atoms with Crippen molar-refractivity contribution in [1.82, 2.24) is 10.2 Å². The van der Waals surface area contributed by atoms with Crippen LogP contribution in [-0.2, 0) is 4.74 Å². The Kier molecular flexibility index (Phi) is 5.89. The lowest BCUT2D eigenvalue weighted by atomic mass is 10.0. The minimum absolute atomic E-state index is 0.0592. The lowest BCUT2D eigenvalue weighted by Gasteiger charge is -2.31. The highest BCUT2D eigenvalue weighted by Crippen LogP contribution is 2.15. The fraction of sp³-hybridized carbons (Fsp3) is 0.375. The first-order chi connectivity index (χ1) is 10.6. The number of thiol groups is 1. The molecule has 1 aliphatic heterocycles. The second kappa shape index (κ2) is 7.89. The van der Waals surface area contributed by atoms with Crippen LogP contribution in [0.15, 0.2) is 41.8 Å². The van der Waals surface area contributed by atoms with Crippen molar-refractivity contribution in [3.8, 4) is 0 Å². The summed E-state index contributed by atoms with van der Waals surface area (Å²) in [6.45, 7) is 4.87. The Hall–Kier alpha value is -1.95. The molecule has 0 saturated carbocycles. The maximum absolute atomic E-state index is 12.2. The van der Waals surface area contributed by atoms with Crippen LogP contribution in [0.5, 0.6) is 0 Å². The van der Waals surface area contributed by atoms with Crippen LogP contribution in [0.3, 0.4) is 0 Å². The van der Waals surface area contributed by atoms with Crippen LogP contribution in [0.2, 0.25) is 0 Å². The molecule has 5 nitrogen and oxygen atoms in total. The molecule has 6 heteroatoms. The molecule has 0 bridgehead atoms. The molecule has 2 amide bonds. The highest BCUT2D eigenvalue weighted by Gasteiger charge is 2.25. The number of rotatable bonds is 4. The van der Waals surface area contributed by atoms with Crippen molar-refractivity contribution in [1.29, 1.82) is 0 Å². The van der Waals surface area contributed by atoms with E-state index in [4.69, 9.17) is 4.74 Å². The summed E-state index contributed by atoms with van der Waals surface area (Å²) in [4.78, 5) is 26.2. The maximum atomic E-state index is 12.2. The van der Waals surface area contributed by atoms with Crippen molar-refractivity contribution < 1.29 is 14.3 Å². The molecule has 0 aliphatic carbocycles. The predicted molar refractivity (Wildman–Crippen MR) is 87.3 cm³/mol. The van der Waals surface area contributed by atoms with E-state index in [1.165, 1.54) is 0 Å². The molecule has 0 spiro atoms. The Labute approximate surface area is 135 Å². The average Bonchev–Trinajstić information content (AvgIpc) is 2.53. The first-order valence-electron chi connectivity index (χ1n) is 7.23. The van der Waals surface area contributed by atoms with Gasteiger partial charge in [-0.05, 0) is 25.0 Å². The SMILES string of the molecule is C=CCOC(=O)N1CCC(NC(=O)c2ccccc2S)CC1. The minimum Gasteiger partial charge on any atom is -0.445 e. The number of nitrogens with zero attached hydrogens (tertiary/aromatic N) is 1. The van der Waals surface area contributed by atoms with E-state index in [1.807, 2.05) is 12.1 Å². The van der Waals surface area contributed by atoms with Gasteiger partial charge >= 0.3 is 6.09 Å². The molecule has 1 aliphatic rings. The van der Waals surface area contributed by atoms with Gasteiger partial charge in [-0.1, -0.05) is 24.8 Å². The van der Waals surface area contributed by atoms with Gasteiger partial charge in [-0.15, -0.1) is 12.6 Å². The first-order valence-corrected chi connectivity index (χ1v) is 7.68. The van der Waals surface area contributed by atoms with E-state index in [2.05, 4.69) is 24.5 Å². The van der Waals surface area contributed by atoms with Gasteiger partial charge in [-0.2, -0.15) is 0 Å². The third-order valence-corrected chi connectivity index (χ3v) is 3.95. The summed E-state index contributed by atoms with van der Waals surface area (Å²) in [6.07, 6.45) is 2.64. The van der Waals surface area contributed by atoms with Crippen molar-refractivity contribution in [2.75, 3.05) is 19.7 Å². The van der Waals surface area contributed by atoms with Crippen LogP contribution in [0, 0.1) is 0 Å². The van der Waals surface area contributed by atoms with E-state index in [-0.39, 0.29) is 24.6 Å². The third kappa shape index (κ3) is 4.27. The Morgan fingerprint density at radius 2 is 2.05 bits per heavy atom. The van der Waals surface area contributed by atoms with E-state index in [0.29, 0.717) is 36.4 Å². The second-order valence-corrected chi connectivity index (χ2v) is 5.60. The van der Waals surface area contributed by atoms with E-state index >= 15 is 0 Å². The van der Waals surface area contributed by atoms with E-state index in [9.17, 15) is 9.59 Å². The number of ether oxygens (including phenoxy) is 1. The highest BCUT2D eigenvalue weighted by atomic mass is 32.1. The molecular formula is C16H20N2O3S. The Morgan fingerprint density at radius 1 is 1.36 bits per heavy atom. The van der Waals surface area contributed by atoms with Gasteiger partial charge in [0.05, 0.1) is 5.56 Å². The van der Waals surface area contributed by atoms with Gasteiger partial charge in [-0.3, -0.25) is 4.79 Å². The van der Waals surface area contributed by atoms with Crippen LogP contribution >= 0.6 is 12.6 Å². The fourth-order valence-electron chi connectivity index (χ4n) is 2.36. The summed E-state index contributed by atoms with van der Waals surface area (Å²) in [6, 6.07) is 7.25. The molecule has 0 aromatic heterocycles. The summed E-state index contributed by atoms with van der Waals surface area (Å²) in [7, 11) is 0. The Bertz CT molecular complexity index is 554. The molecule has 1 aromatic carbocycles. The molecule has 0 unspecified atom stereocenters. The summed E-state index contributed by atoms with van der Waals surface area (Å²) >= 11 is 4.29. The lowest BCUT2D eigenvalue weighted by molar-refractivity contribution is 0.0872. The molecular weight excluding hydrogens is 300 g/mol. The van der Waals surface area contributed by atoms with Gasteiger partial charge < -0.3 is 15.0 Å². The largest absolute Gasteiger partial charge is 0.445 e. The standard InChI is InChI=1S/C16H20N2O3S/c1-2-11-21-16(20)18-9-7-12(8-10-18)17-15(19)13-5-3-4-6-14(13)22/h2-6,12,22H,1,7-11H2,(H,17,19). The van der Waals surface area contributed by atoms with Gasteiger partial charge in [0, 0.05) is 24.0 Å². The number of hydrogen-bond acceptors (Lipinski definition) is 4. The zero-order valence-electron chi connectivity index (χ0n) is 12.3. The monoisotopic (exact) mass is 320 g/mol. The molecule has 0 atom stereocenters. The molecule has 118 valence electrons. The summed E-state index contributed by atoms with van der Waals surface area (Å²) in [5.74, 6) is -0.127. The van der Waals surface area contributed by atoms with Crippen molar-refractivity contribution in [2.24, 2.45) is 0 Å². The van der Waals surface area contributed by atoms with Gasteiger partial charge in [0.2, 0.25) is 0 Å². The first kappa shape index (κ1) is 16.4. The summed E-state index contributed by atoms with van der Waals surface area (Å²) in [5.41, 5.74) is 0.568. The number of benzene rings is 1. The van der Waals surface area contributed by atoms with Crippen molar-refractivity contribution in [2.45, 2.75) is 23.8 Å². The summed E-state index contributed by atoms with van der Waals surface area (Å²) < 4.78 is 5.00. The molecule has 1 N–H and O–H groups in total. The Balaban J connectivity index is 1.82. The van der Waals surface area contributed by atoms with Crippen LogP contribution < -0.4 is 5.32 Å². The van der Waals surface area contributed by atoms with Gasteiger partial charge in [0.25, 0.3) is 5.91 Å². The van der Waals surface area contributed by atoms with E-state index in [0.717, 1.165) is 0 Å². The highest BCUT2D eigenvalue weighted by molar-refractivity contribution is 7.80. The molecule has 1 aromatic rings. The van der Waals surface area contributed by atoms with Crippen LogP contribution in [0.1, 0.15) is 23.2 Å². The normalized spacial score (nSPS) is 15.2. The van der Waals surface area contributed by atoms with Crippen LogP contribution in [0.4, 0.5) is 4.79 Å². The topological polar surface area (TPSA) is 58.6 Å². The molecule has 0 radical (unpaired) electrons. The minimum atomic E-state index is -0.328. The van der Waals surface area contributed by atoms with E-state index < -0.39 is 0 Å². The zero-order chi connectivity index (χ0) is 15.9. The summed E-state index contributed by atoms with van der Waals surface area (Å²) in [5, 5.41) is 3.00. The molecule has 22 heavy (non-hydrogen) atoms.